The van der Waals surface area contributed by atoms with Crippen molar-refractivity contribution in [3.05, 3.63) is 89.5 Å². The Morgan fingerprint density at radius 3 is 2.46 bits per heavy atom. The van der Waals surface area contributed by atoms with Crippen molar-refractivity contribution >= 4 is 45.4 Å². The Kier molecular flexibility index (Phi) is 9.42. The number of hydrogen-bond acceptors (Lipinski definition) is 5. The maximum Gasteiger partial charge on any atom is 0.416 e. The van der Waals surface area contributed by atoms with E-state index in [9.17, 15) is 21.6 Å². The predicted molar refractivity (Wildman–Crippen MR) is 141 cm³/mol. The fraction of sp³-hybridized carbons (Fsp3) is 0.217. The zero-order valence-corrected chi connectivity index (χ0v) is 21.8. The number of nitrogens with one attached hydrogen (secondary N) is 2. The van der Waals surface area contributed by atoms with Crippen LogP contribution in [0.1, 0.15) is 11.1 Å². The normalized spacial score (nSPS) is 16.5. The van der Waals surface area contributed by atoms with Gasteiger partial charge in [0.15, 0.2) is 0 Å². The highest BCUT2D eigenvalue weighted by molar-refractivity contribution is 7.98. The number of halogens is 4. The van der Waals surface area contributed by atoms with Crippen LogP contribution in [0.4, 0.5) is 13.2 Å². The second-order valence-corrected chi connectivity index (χ2v) is 10.5. The molecule has 0 saturated carbocycles. The molecule has 14 heteroatoms. The summed E-state index contributed by atoms with van der Waals surface area (Å²) in [6.45, 7) is 8.15. The summed E-state index contributed by atoms with van der Waals surface area (Å²) in [5, 5.41) is 11.8. The molecule has 0 saturated heterocycles. The lowest BCUT2D eigenvalue weighted by Gasteiger charge is -2.19. The number of hydrazone groups is 1. The minimum Gasteiger partial charge on any atom is -0.295 e. The van der Waals surface area contributed by atoms with Crippen molar-refractivity contribution in [1.82, 2.24) is 14.5 Å². The van der Waals surface area contributed by atoms with E-state index < -0.39 is 21.9 Å². The van der Waals surface area contributed by atoms with Crippen molar-refractivity contribution in [3.8, 4) is 0 Å². The molecule has 37 heavy (non-hydrogen) atoms. The van der Waals surface area contributed by atoms with Gasteiger partial charge in [0.05, 0.1) is 24.4 Å². The third-order valence-corrected chi connectivity index (χ3v) is 6.78. The van der Waals surface area contributed by atoms with Gasteiger partial charge in [-0.2, -0.15) is 26.7 Å². The summed E-state index contributed by atoms with van der Waals surface area (Å²) in [5.41, 5.74) is 1.47. The predicted octanol–water partition coefficient (Wildman–Crippen LogP) is 4.18. The van der Waals surface area contributed by atoms with Gasteiger partial charge in [-0.15, -0.1) is 0 Å². The van der Waals surface area contributed by atoms with Crippen molar-refractivity contribution in [2.24, 2.45) is 21.2 Å². The molecule has 1 atom stereocenters. The summed E-state index contributed by atoms with van der Waals surface area (Å²) in [5.74, 6) is 0.0243. The highest BCUT2D eigenvalue weighted by Gasteiger charge is 2.32. The van der Waals surface area contributed by atoms with Crippen LogP contribution in [0.5, 0.6) is 0 Å². The molecular formula is C23H24ClF3N6O2S2. The van der Waals surface area contributed by atoms with Gasteiger partial charge in [-0.25, -0.2) is 19.9 Å². The standard InChI is InChI=1S/C23H24ClF3N6O2S2/c1-3-15(2)20-14-33(31-21(20)16-4-8-18(24)9-5-16)22(29-12-13-30-37(28,34)35)32-36-19-10-6-17(7-11-19)23(25,26)27/h3-11,20,30H,1-2,12-14H2,(H,29,32)(H2,28,34,35)/t20-/m0/s1. The summed E-state index contributed by atoms with van der Waals surface area (Å²) >= 11 is 7.06. The number of allylic oxidation sites excluding steroid dienone is 1. The van der Waals surface area contributed by atoms with Crippen LogP contribution in [0.25, 0.3) is 0 Å². The van der Waals surface area contributed by atoms with E-state index in [1.807, 2.05) is 12.1 Å². The number of rotatable bonds is 9. The van der Waals surface area contributed by atoms with Gasteiger partial charge in [0.2, 0.25) is 5.96 Å². The van der Waals surface area contributed by atoms with Crippen LogP contribution in [0, 0.1) is 5.92 Å². The number of nitrogens with zero attached hydrogens (tertiary/aromatic N) is 3. The Balaban J connectivity index is 1.86. The summed E-state index contributed by atoms with van der Waals surface area (Å²) in [7, 11) is -3.90. The number of guanidine groups is 1. The van der Waals surface area contributed by atoms with Gasteiger partial charge in [0.25, 0.3) is 10.2 Å². The SMILES string of the molecule is C=CC(=C)[C@@H]1CN(C(=NCCNS(N)(=O)=O)NSc2ccc(C(F)(F)F)cc2)N=C1c1ccc(Cl)cc1. The molecule has 0 aliphatic carbocycles. The van der Waals surface area contributed by atoms with Crippen LogP contribution >= 0.6 is 23.5 Å². The number of alkyl halides is 3. The third kappa shape index (κ3) is 8.33. The molecule has 1 aliphatic rings. The second-order valence-electron chi connectivity index (χ2n) is 7.78. The highest BCUT2D eigenvalue weighted by Crippen LogP contribution is 2.31. The molecule has 2 aromatic rings. The van der Waals surface area contributed by atoms with Gasteiger partial charge < -0.3 is 0 Å². The topological polar surface area (TPSA) is 112 Å². The summed E-state index contributed by atoms with van der Waals surface area (Å²) in [6, 6.07) is 11.7. The maximum absolute atomic E-state index is 12.9. The largest absolute Gasteiger partial charge is 0.416 e. The first-order chi connectivity index (χ1) is 17.4. The van der Waals surface area contributed by atoms with Crippen LogP contribution in [-0.4, -0.2) is 44.7 Å². The molecule has 0 unspecified atom stereocenters. The van der Waals surface area contributed by atoms with Crippen molar-refractivity contribution in [1.29, 1.82) is 0 Å². The lowest BCUT2D eigenvalue weighted by molar-refractivity contribution is -0.137. The van der Waals surface area contributed by atoms with E-state index in [0.29, 0.717) is 22.2 Å². The van der Waals surface area contributed by atoms with E-state index in [1.165, 1.54) is 12.1 Å². The van der Waals surface area contributed by atoms with Gasteiger partial charge in [0.1, 0.15) is 0 Å². The Morgan fingerprint density at radius 2 is 1.89 bits per heavy atom. The second kappa shape index (κ2) is 12.1. The Hall–Kier alpha value is -2.84. The monoisotopic (exact) mass is 572 g/mol. The molecule has 8 nitrogen and oxygen atoms in total. The number of aliphatic imine (C=N–C) groups is 1. The molecule has 0 aromatic heterocycles. The van der Waals surface area contributed by atoms with Crippen molar-refractivity contribution in [2.75, 3.05) is 19.6 Å². The molecule has 0 bridgehead atoms. The quantitative estimate of drug-likeness (QED) is 0.137. The zero-order chi connectivity index (χ0) is 27.2. The van der Waals surface area contributed by atoms with E-state index in [4.69, 9.17) is 21.8 Å². The fourth-order valence-corrected chi connectivity index (χ4v) is 4.43. The van der Waals surface area contributed by atoms with Crippen LogP contribution in [-0.2, 0) is 16.4 Å². The smallest absolute Gasteiger partial charge is 0.295 e. The molecule has 0 radical (unpaired) electrons. The summed E-state index contributed by atoms with van der Waals surface area (Å²) in [4.78, 5) is 4.90. The molecule has 2 aromatic carbocycles. The van der Waals surface area contributed by atoms with Crippen LogP contribution < -0.4 is 14.6 Å². The maximum atomic E-state index is 12.9. The molecule has 0 spiro atoms. The van der Waals surface area contributed by atoms with Crippen molar-refractivity contribution in [2.45, 2.75) is 11.1 Å². The first-order valence-corrected chi connectivity index (χ1v) is 13.5. The molecule has 0 fully saturated rings. The fourth-order valence-electron chi connectivity index (χ4n) is 3.28. The third-order valence-electron chi connectivity index (χ3n) is 5.13. The number of benzene rings is 2. The van der Waals surface area contributed by atoms with E-state index in [-0.39, 0.29) is 25.0 Å². The average molecular weight is 573 g/mol. The lowest BCUT2D eigenvalue weighted by atomic mass is 9.91. The molecule has 3 rings (SSSR count). The summed E-state index contributed by atoms with van der Waals surface area (Å²) in [6.07, 6.45) is -2.80. The zero-order valence-electron chi connectivity index (χ0n) is 19.4. The van der Waals surface area contributed by atoms with Crippen LogP contribution in [0.2, 0.25) is 5.02 Å². The molecule has 4 N–H and O–H groups in total. The van der Waals surface area contributed by atoms with Crippen LogP contribution in [0.15, 0.2) is 88.3 Å². The Morgan fingerprint density at radius 1 is 1.24 bits per heavy atom. The van der Waals surface area contributed by atoms with E-state index >= 15 is 0 Å². The van der Waals surface area contributed by atoms with Crippen molar-refractivity contribution in [3.63, 3.8) is 0 Å². The lowest BCUT2D eigenvalue weighted by Crippen LogP contribution is -2.36. The average Bonchev–Trinajstić information content (AvgIpc) is 3.28. The molecule has 1 heterocycles. The van der Waals surface area contributed by atoms with Gasteiger partial charge in [-0.1, -0.05) is 43.0 Å². The van der Waals surface area contributed by atoms with Gasteiger partial charge in [-0.3, -0.25) is 4.72 Å². The van der Waals surface area contributed by atoms with Crippen molar-refractivity contribution < 1.29 is 21.6 Å². The van der Waals surface area contributed by atoms with E-state index in [2.05, 4.69) is 27.6 Å². The Bertz CT molecular complexity index is 1300. The van der Waals surface area contributed by atoms with Gasteiger partial charge in [-0.05, 0) is 59.5 Å². The van der Waals surface area contributed by atoms with Crippen LogP contribution in [0.3, 0.4) is 0 Å². The number of hydrogen-bond donors (Lipinski definition) is 3. The van der Waals surface area contributed by atoms with Gasteiger partial charge in [0, 0.05) is 22.4 Å². The van der Waals surface area contributed by atoms with E-state index in [1.54, 1.807) is 23.2 Å². The van der Waals surface area contributed by atoms with E-state index in [0.717, 1.165) is 35.2 Å². The Labute approximate surface area is 222 Å². The first kappa shape index (κ1) is 28.7. The minimum atomic E-state index is -4.44. The first-order valence-electron chi connectivity index (χ1n) is 10.7. The molecular weight excluding hydrogens is 549 g/mol. The van der Waals surface area contributed by atoms with Gasteiger partial charge >= 0.3 is 6.18 Å². The minimum absolute atomic E-state index is 0.0156. The highest BCUT2D eigenvalue weighted by atomic mass is 35.5. The summed E-state index contributed by atoms with van der Waals surface area (Å²) < 4.78 is 66.2. The molecule has 198 valence electrons. The molecule has 1 aliphatic heterocycles. The number of nitrogens with two attached hydrogens (primary N) is 1. The molecule has 0 amide bonds.